The van der Waals surface area contributed by atoms with E-state index in [-0.39, 0.29) is 6.04 Å². The predicted octanol–water partition coefficient (Wildman–Crippen LogP) is 3.99. The second-order valence-electron chi connectivity index (χ2n) is 4.81. The van der Waals surface area contributed by atoms with Gasteiger partial charge in [0.2, 0.25) is 0 Å². The van der Waals surface area contributed by atoms with Crippen molar-refractivity contribution >= 4 is 5.69 Å². The van der Waals surface area contributed by atoms with Crippen molar-refractivity contribution in [3.63, 3.8) is 0 Å². The molecule has 1 aliphatic rings. The van der Waals surface area contributed by atoms with Crippen molar-refractivity contribution in [2.24, 2.45) is 0 Å². The number of para-hydroxylation sites is 2. The summed E-state index contributed by atoms with van der Waals surface area (Å²) in [5.41, 5.74) is 5.06. The van der Waals surface area contributed by atoms with Gasteiger partial charge in [-0.2, -0.15) is 0 Å². The largest absolute Gasteiger partial charge is 0.373 e. The number of anilines is 1. The molecule has 0 fully saturated rings. The summed E-state index contributed by atoms with van der Waals surface area (Å²) in [6.45, 7) is 0. The Morgan fingerprint density at radius 2 is 1.58 bits per heavy atom. The van der Waals surface area contributed by atoms with Crippen LogP contribution in [0.4, 0.5) is 5.69 Å². The quantitative estimate of drug-likeness (QED) is 0.723. The van der Waals surface area contributed by atoms with Crippen LogP contribution in [0.25, 0.3) is 5.69 Å². The number of rotatable bonds is 2. The van der Waals surface area contributed by atoms with E-state index in [1.54, 1.807) is 0 Å². The number of hydrogen-bond donors (Lipinski definition) is 1. The first-order valence-corrected chi connectivity index (χ1v) is 6.51. The lowest BCUT2D eigenvalue weighted by molar-refractivity contribution is 0.924. The Bertz CT molecular complexity index is 713. The molecule has 92 valence electrons. The van der Waals surface area contributed by atoms with Gasteiger partial charge in [-0.25, -0.2) is 0 Å². The van der Waals surface area contributed by atoms with E-state index in [1.165, 1.54) is 16.9 Å². The lowest BCUT2D eigenvalue weighted by Gasteiger charge is -2.15. The van der Waals surface area contributed by atoms with Crippen LogP contribution < -0.4 is 5.32 Å². The monoisotopic (exact) mass is 246 g/mol. The molecule has 0 saturated carbocycles. The highest BCUT2D eigenvalue weighted by Crippen LogP contribution is 2.38. The maximum absolute atomic E-state index is 3.62. The minimum atomic E-state index is 0.230. The van der Waals surface area contributed by atoms with Gasteiger partial charge in [-0.3, -0.25) is 0 Å². The van der Waals surface area contributed by atoms with Gasteiger partial charge in [0.15, 0.2) is 0 Å². The highest BCUT2D eigenvalue weighted by molar-refractivity contribution is 5.58. The fraction of sp³-hybridized carbons (Fsp3) is 0.0588. The van der Waals surface area contributed by atoms with Gasteiger partial charge in [-0.1, -0.05) is 36.4 Å². The van der Waals surface area contributed by atoms with Gasteiger partial charge in [0, 0.05) is 23.1 Å². The minimum Gasteiger partial charge on any atom is -0.373 e. The zero-order valence-corrected chi connectivity index (χ0v) is 10.5. The summed E-state index contributed by atoms with van der Waals surface area (Å²) in [5, 5.41) is 3.62. The second-order valence-corrected chi connectivity index (χ2v) is 4.81. The van der Waals surface area contributed by atoms with Crippen LogP contribution in [0.2, 0.25) is 0 Å². The molecule has 0 spiro atoms. The molecule has 0 aliphatic carbocycles. The normalized spacial score (nSPS) is 15.9. The average molecular weight is 246 g/mol. The third-order valence-corrected chi connectivity index (χ3v) is 3.67. The van der Waals surface area contributed by atoms with Gasteiger partial charge in [0.05, 0.1) is 11.7 Å². The molecule has 4 rings (SSSR count). The van der Waals surface area contributed by atoms with E-state index in [4.69, 9.17) is 0 Å². The van der Waals surface area contributed by atoms with Crippen LogP contribution >= 0.6 is 0 Å². The lowest BCUT2D eigenvalue weighted by atomic mass is 10.1. The number of hydrogen-bond acceptors (Lipinski definition) is 1. The summed E-state index contributed by atoms with van der Waals surface area (Å²) in [7, 11) is 0. The first-order chi connectivity index (χ1) is 9.43. The average Bonchev–Trinajstić information content (AvgIpc) is 3.04. The fourth-order valence-electron chi connectivity index (χ4n) is 2.81. The van der Waals surface area contributed by atoms with Gasteiger partial charge in [-0.05, 0) is 30.3 Å². The van der Waals surface area contributed by atoms with Crippen LogP contribution in [-0.4, -0.2) is 4.57 Å². The van der Waals surface area contributed by atoms with Crippen molar-refractivity contribution in [3.05, 3.63) is 84.2 Å². The highest BCUT2D eigenvalue weighted by atomic mass is 15.1. The Kier molecular flexibility index (Phi) is 2.21. The van der Waals surface area contributed by atoms with Crippen LogP contribution in [0.5, 0.6) is 0 Å². The Hall–Kier alpha value is -2.48. The zero-order valence-electron chi connectivity index (χ0n) is 10.5. The smallest absolute Gasteiger partial charge is 0.0943 e. The van der Waals surface area contributed by atoms with E-state index in [2.05, 4.69) is 76.7 Å². The molecule has 2 aromatic carbocycles. The molecule has 1 N–H and O–H groups in total. The molecule has 1 atom stereocenters. The summed E-state index contributed by atoms with van der Waals surface area (Å²) in [6, 6.07) is 23.4. The van der Waals surface area contributed by atoms with Crippen LogP contribution in [-0.2, 0) is 0 Å². The van der Waals surface area contributed by atoms with Crippen molar-refractivity contribution in [1.29, 1.82) is 0 Å². The third kappa shape index (κ3) is 1.57. The van der Waals surface area contributed by atoms with E-state index < -0.39 is 0 Å². The van der Waals surface area contributed by atoms with Crippen LogP contribution in [0, 0.1) is 0 Å². The molecule has 0 radical (unpaired) electrons. The van der Waals surface area contributed by atoms with Gasteiger partial charge in [-0.15, -0.1) is 0 Å². The summed E-state index contributed by atoms with van der Waals surface area (Å²) in [4.78, 5) is 0. The van der Waals surface area contributed by atoms with E-state index >= 15 is 0 Å². The van der Waals surface area contributed by atoms with Gasteiger partial charge in [0.1, 0.15) is 0 Å². The highest BCUT2D eigenvalue weighted by Gasteiger charge is 2.27. The van der Waals surface area contributed by atoms with Crippen LogP contribution in [0.3, 0.4) is 0 Å². The molecule has 1 unspecified atom stereocenters. The van der Waals surface area contributed by atoms with Crippen molar-refractivity contribution < 1.29 is 0 Å². The Labute approximate surface area is 112 Å². The number of nitrogens with one attached hydrogen (secondary N) is 1. The molecule has 2 heteroatoms. The van der Waals surface area contributed by atoms with Crippen LogP contribution in [0.1, 0.15) is 17.3 Å². The molecule has 0 saturated heterocycles. The van der Waals surface area contributed by atoms with E-state index in [1.807, 2.05) is 6.07 Å². The SMILES string of the molecule is c1ccc(NC2c3ccccc3-n3cccc32)cc1. The lowest BCUT2D eigenvalue weighted by Crippen LogP contribution is -2.09. The maximum atomic E-state index is 3.62. The molecular formula is C17H14N2. The molecule has 3 aromatic rings. The number of nitrogens with zero attached hydrogens (tertiary/aromatic N) is 1. The number of fused-ring (bicyclic) bond motifs is 3. The number of benzene rings is 2. The second kappa shape index (κ2) is 4.02. The minimum absolute atomic E-state index is 0.230. The van der Waals surface area contributed by atoms with Crippen molar-refractivity contribution in [3.8, 4) is 5.69 Å². The van der Waals surface area contributed by atoms with Crippen LogP contribution in [0.15, 0.2) is 72.9 Å². The summed E-state index contributed by atoms with van der Waals surface area (Å²) < 4.78 is 2.26. The molecule has 1 aromatic heterocycles. The Morgan fingerprint density at radius 1 is 0.789 bits per heavy atom. The van der Waals surface area contributed by atoms with Crippen molar-refractivity contribution in [2.75, 3.05) is 5.32 Å². The fourth-order valence-corrected chi connectivity index (χ4v) is 2.81. The predicted molar refractivity (Wildman–Crippen MR) is 77.7 cm³/mol. The molecule has 0 bridgehead atoms. The number of aromatic nitrogens is 1. The molecule has 1 aliphatic heterocycles. The summed E-state index contributed by atoms with van der Waals surface area (Å²) >= 11 is 0. The topological polar surface area (TPSA) is 17.0 Å². The van der Waals surface area contributed by atoms with Crippen molar-refractivity contribution in [1.82, 2.24) is 4.57 Å². The van der Waals surface area contributed by atoms with E-state index in [0.29, 0.717) is 0 Å². The van der Waals surface area contributed by atoms with E-state index in [9.17, 15) is 0 Å². The molecule has 0 amide bonds. The van der Waals surface area contributed by atoms with Gasteiger partial charge >= 0.3 is 0 Å². The Balaban J connectivity index is 1.81. The van der Waals surface area contributed by atoms with Gasteiger partial charge < -0.3 is 9.88 Å². The zero-order chi connectivity index (χ0) is 12.7. The van der Waals surface area contributed by atoms with Crippen molar-refractivity contribution in [2.45, 2.75) is 6.04 Å². The summed E-state index contributed by atoms with van der Waals surface area (Å²) in [6.07, 6.45) is 2.13. The molecule has 2 nitrogen and oxygen atoms in total. The molecule has 19 heavy (non-hydrogen) atoms. The van der Waals surface area contributed by atoms with E-state index in [0.717, 1.165) is 5.69 Å². The Morgan fingerprint density at radius 3 is 2.47 bits per heavy atom. The van der Waals surface area contributed by atoms with Gasteiger partial charge in [0.25, 0.3) is 0 Å². The first-order valence-electron chi connectivity index (χ1n) is 6.51. The summed E-state index contributed by atoms with van der Waals surface area (Å²) in [5.74, 6) is 0. The maximum Gasteiger partial charge on any atom is 0.0943 e. The molecule has 2 heterocycles. The first kappa shape index (κ1) is 10.4. The molecular weight excluding hydrogens is 232 g/mol. The third-order valence-electron chi connectivity index (χ3n) is 3.67. The standard InChI is InChI=1S/C17H14N2/c1-2-7-13(8-3-1)18-17-14-9-4-5-10-15(14)19-12-6-11-16(17)19/h1-12,17-18H.